The average molecular weight is 258 g/mol. The molecule has 1 aliphatic rings. The molecule has 5 nitrogen and oxygen atoms in total. The minimum absolute atomic E-state index is 0.0295. The van der Waals surface area contributed by atoms with E-state index >= 15 is 0 Å². The Morgan fingerprint density at radius 1 is 1.59 bits per heavy atom. The molecule has 0 saturated heterocycles. The van der Waals surface area contributed by atoms with Crippen molar-refractivity contribution < 1.29 is 4.39 Å². The summed E-state index contributed by atoms with van der Waals surface area (Å²) in [6.07, 6.45) is 1.80. The Morgan fingerprint density at radius 2 is 2.35 bits per heavy atom. The number of hydrazone groups is 1. The maximum absolute atomic E-state index is 14.0. The van der Waals surface area contributed by atoms with Gasteiger partial charge in [0.15, 0.2) is 11.7 Å². The van der Waals surface area contributed by atoms with Crippen molar-refractivity contribution in [2.24, 2.45) is 16.7 Å². The van der Waals surface area contributed by atoms with Gasteiger partial charge in [-0.3, -0.25) is 0 Å². The fraction of sp³-hybridized carbons (Fsp3) is 0.300. The van der Waals surface area contributed by atoms with Crippen LogP contribution in [-0.4, -0.2) is 12.4 Å². The van der Waals surface area contributed by atoms with Gasteiger partial charge in [-0.25, -0.2) is 15.8 Å². The average Bonchev–Trinajstić information content (AvgIpc) is 2.31. The molecule has 1 aromatic rings. The van der Waals surface area contributed by atoms with E-state index in [4.69, 9.17) is 23.2 Å². The van der Waals surface area contributed by atoms with Crippen LogP contribution in [0.5, 0.6) is 0 Å². The summed E-state index contributed by atoms with van der Waals surface area (Å²) in [5.74, 6) is 4.42. The maximum atomic E-state index is 14.0. The summed E-state index contributed by atoms with van der Waals surface area (Å²) in [6, 6.07) is 1.62. The van der Waals surface area contributed by atoms with Gasteiger partial charge in [0.05, 0.1) is 16.3 Å². The molecule has 17 heavy (non-hydrogen) atoms. The Labute approximate surface area is 103 Å². The first-order valence-corrected chi connectivity index (χ1v) is 5.56. The second-order valence-electron chi connectivity index (χ2n) is 3.74. The number of hydrazine groups is 1. The number of nitrogens with zero attached hydrogens (tertiary/aromatic N) is 1. The molecule has 1 heterocycles. The number of amidine groups is 1. The van der Waals surface area contributed by atoms with Crippen molar-refractivity contribution in [3.8, 4) is 0 Å². The molecule has 7 heteroatoms. The van der Waals surface area contributed by atoms with Crippen molar-refractivity contribution in [3.05, 3.63) is 28.0 Å². The minimum atomic E-state index is -0.587. The molecule has 0 bridgehead atoms. The zero-order valence-electron chi connectivity index (χ0n) is 9.06. The first-order chi connectivity index (χ1) is 8.15. The number of fused-ring (bicyclic) bond motifs is 1. The van der Waals surface area contributed by atoms with E-state index in [2.05, 4.69) is 10.4 Å². The first kappa shape index (κ1) is 11.9. The largest absolute Gasteiger partial charge is 0.384 e. The summed E-state index contributed by atoms with van der Waals surface area (Å²) >= 11 is 5.83. The highest BCUT2D eigenvalue weighted by Crippen LogP contribution is 2.32. The van der Waals surface area contributed by atoms with Crippen LogP contribution in [0.25, 0.3) is 0 Å². The summed E-state index contributed by atoms with van der Waals surface area (Å²) in [6.45, 7) is 0.768. The molecule has 0 unspecified atom stereocenters. The standard InChI is InChI=1S/C10H13ClFN5/c11-6-4-5-2-1-3-15-9(5)7(8(6)12)10(13)16-17-14/h4,15,17H,1-3,14H2,(H2,13,16). The normalized spacial score (nSPS) is 15.1. The summed E-state index contributed by atoms with van der Waals surface area (Å²) in [5.41, 5.74) is 9.47. The highest BCUT2D eigenvalue weighted by atomic mass is 35.5. The monoisotopic (exact) mass is 257 g/mol. The number of aryl methyl sites for hydroxylation is 1. The first-order valence-electron chi connectivity index (χ1n) is 5.19. The Kier molecular flexibility index (Phi) is 3.35. The quantitative estimate of drug-likeness (QED) is 0.275. The molecule has 0 atom stereocenters. The van der Waals surface area contributed by atoms with Gasteiger partial charge in [-0.05, 0) is 24.5 Å². The highest BCUT2D eigenvalue weighted by molar-refractivity contribution is 6.31. The van der Waals surface area contributed by atoms with E-state index in [1.165, 1.54) is 0 Å². The van der Waals surface area contributed by atoms with E-state index in [1.807, 2.05) is 5.53 Å². The van der Waals surface area contributed by atoms with Gasteiger partial charge in [-0.1, -0.05) is 11.6 Å². The SMILES string of the molecule is NN/N=C(\N)c1c(F)c(Cl)cc2c1NCCC2. The molecule has 0 amide bonds. The van der Waals surface area contributed by atoms with Crippen LogP contribution < -0.4 is 22.4 Å². The third-order valence-corrected chi connectivity index (χ3v) is 2.94. The third kappa shape index (κ3) is 2.13. The van der Waals surface area contributed by atoms with Crippen molar-refractivity contribution in [3.63, 3.8) is 0 Å². The molecule has 0 aromatic heterocycles. The summed E-state index contributed by atoms with van der Waals surface area (Å²) in [7, 11) is 0. The Morgan fingerprint density at radius 3 is 3.06 bits per heavy atom. The number of rotatable bonds is 2. The molecule has 0 radical (unpaired) electrons. The second-order valence-corrected chi connectivity index (χ2v) is 4.15. The predicted octanol–water partition coefficient (Wildman–Crippen LogP) is 0.921. The fourth-order valence-corrected chi connectivity index (χ4v) is 2.16. The van der Waals surface area contributed by atoms with Crippen LogP contribution in [0.1, 0.15) is 17.5 Å². The number of hydrogen-bond donors (Lipinski definition) is 4. The van der Waals surface area contributed by atoms with Gasteiger partial charge < -0.3 is 11.1 Å². The maximum Gasteiger partial charge on any atom is 0.157 e. The van der Waals surface area contributed by atoms with Crippen LogP contribution >= 0.6 is 11.6 Å². The van der Waals surface area contributed by atoms with Crippen LogP contribution in [0.2, 0.25) is 5.02 Å². The van der Waals surface area contributed by atoms with Crippen molar-refractivity contribution in [1.29, 1.82) is 0 Å². The third-order valence-electron chi connectivity index (χ3n) is 2.67. The molecule has 1 aromatic carbocycles. The Hall–Kier alpha value is -1.53. The molecule has 0 fully saturated rings. The van der Waals surface area contributed by atoms with E-state index in [0.29, 0.717) is 5.69 Å². The van der Waals surface area contributed by atoms with Crippen molar-refractivity contribution >= 4 is 23.1 Å². The predicted molar refractivity (Wildman–Crippen MR) is 66.3 cm³/mol. The lowest BCUT2D eigenvalue weighted by Crippen LogP contribution is -2.26. The molecule has 92 valence electrons. The fourth-order valence-electron chi connectivity index (χ4n) is 1.94. The number of nitrogens with two attached hydrogens (primary N) is 2. The highest BCUT2D eigenvalue weighted by Gasteiger charge is 2.22. The molecule has 0 spiro atoms. The van der Waals surface area contributed by atoms with Crippen molar-refractivity contribution in [1.82, 2.24) is 5.53 Å². The molecule has 1 aliphatic heterocycles. The summed E-state index contributed by atoms with van der Waals surface area (Å²) in [4.78, 5) is 0. The lowest BCUT2D eigenvalue weighted by atomic mass is 9.98. The van der Waals surface area contributed by atoms with Crippen LogP contribution in [0, 0.1) is 5.82 Å². The number of anilines is 1. The van der Waals surface area contributed by atoms with Gasteiger partial charge in [0.2, 0.25) is 0 Å². The molecular formula is C10H13ClFN5. The molecule has 6 N–H and O–H groups in total. The van der Waals surface area contributed by atoms with E-state index in [0.717, 1.165) is 24.9 Å². The number of hydrogen-bond acceptors (Lipinski definition) is 4. The van der Waals surface area contributed by atoms with Gasteiger partial charge in [0, 0.05) is 6.54 Å². The molecule has 0 saturated carbocycles. The van der Waals surface area contributed by atoms with Gasteiger partial charge in [0.1, 0.15) is 0 Å². The lowest BCUT2D eigenvalue weighted by molar-refractivity contribution is 0.623. The van der Waals surface area contributed by atoms with E-state index < -0.39 is 5.82 Å². The summed E-state index contributed by atoms with van der Waals surface area (Å²) < 4.78 is 14.0. The van der Waals surface area contributed by atoms with Gasteiger partial charge in [0.25, 0.3) is 0 Å². The number of halogens is 2. The van der Waals surface area contributed by atoms with Crippen molar-refractivity contribution in [2.45, 2.75) is 12.8 Å². The topological polar surface area (TPSA) is 88.5 Å². The number of benzene rings is 1. The van der Waals surface area contributed by atoms with Crippen LogP contribution in [0.4, 0.5) is 10.1 Å². The minimum Gasteiger partial charge on any atom is -0.384 e. The molecular weight excluding hydrogens is 245 g/mol. The Balaban J connectivity index is 2.62. The smallest absolute Gasteiger partial charge is 0.157 e. The summed E-state index contributed by atoms with van der Waals surface area (Å²) in [5, 5.41) is 6.74. The van der Waals surface area contributed by atoms with Gasteiger partial charge in [-0.15, -0.1) is 5.10 Å². The van der Waals surface area contributed by atoms with Gasteiger partial charge in [-0.2, -0.15) is 0 Å². The van der Waals surface area contributed by atoms with E-state index in [-0.39, 0.29) is 16.4 Å². The van der Waals surface area contributed by atoms with Crippen LogP contribution in [0.15, 0.2) is 11.2 Å². The zero-order valence-corrected chi connectivity index (χ0v) is 9.81. The molecule has 2 rings (SSSR count). The number of nitrogens with one attached hydrogen (secondary N) is 2. The Bertz CT molecular complexity index is 474. The van der Waals surface area contributed by atoms with E-state index in [9.17, 15) is 4.39 Å². The van der Waals surface area contributed by atoms with Crippen LogP contribution in [-0.2, 0) is 6.42 Å². The lowest BCUT2D eigenvalue weighted by Gasteiger charge is -2.22. The molecule has 0 aliphatic carbocycles. The van der Waals surface area contributed by atoms with Gasteiger partial charge >= 0.3 is 0 Å². The zero-order chi connectivity index (χ0) is 12.4. The van der Waals surface area contributed by atoms with E-state index in [1.54, 1.807) is 6.07 Å². The van der Waals surface area contributed by atoms with Crippen LogP contribution in [0.3, 0.4) is 0 Å². The second kappa shape index (κ2) is 4.77. The van der Waals surface area contributed by atoms with Crippen molar-refractivity contribution in [2.75, 3.05) is 11.9 Å².